The summed E-state index contributed by atoms with van der Waals surface area (Å²) in [6.45, 7) is -0.102. The molecule has 0 saturated heterocycles. The number of benzene rings is 10. The Morgan fingerprint density at radius 3 is 0.849 bits per heavy atom. The maximum absolute atomic E-state index is 11.9. The highest BCUT2D eigenvalue weighted by molar-refractivity contribution is 6.31. The molecule has 119 heavy (non-hydrogen) atoms. The second-order valence-electron chi connectivity index (χ2n) is 25.4. The highest BCUT2D eigenvalue weighted by Crippen LogP contribution is 2.28. The van der Waals surface area contributed by atoms with Crippen LogP contribution in [0, 0.1) is 0 Å². The summed E-state index contributed by atoms with van der Waals surface area (Å²) >= 11 is 11.6. The van der Waals surface area contributed by atoms with Crippen molar-refractivity contribution < 1.29 is 98.6 Å². The molecule has 0 aliphatic heterocycles. The lowest BCUT2D eigenvalue weighted by atomic mass is 10.1. The van der Waals surface area contributed by atoms with Crippen LogP contribution in [0.2, 0.25) is 10.0 Å². The van der Waals surface area contributed by atoms with E-state index in [1.165, 1.54) is 158 Å². The molecule has 0 heterocycles. The SMILES string of the molecule is COc1ccccc1/C=C/C(=O)CC(=O)/C=C/c1ccccc1CO.O=C(/C=C/c1ccc(Cl)cc1)CC(=O)/C=C/c1ccc(Cl)cc1.O=C(/C=C/c1ccc(O)c(O)c1)CC(=O)/C=C/c1ccc(O)c(O)c1.O=C(/C=C/c1cccc(O)c1)CC(=O)/C=C/c1cccc(O)c1.O=C(/C=C/c1ccccc1O)CC(=O)/C=C/c1ccccc1O. The van der Waals surface area contributed by atoms with Gasteiger partial charge < -0.3 is 50.7 Å². The first-order valence-corrected chi connectivity index (χ1v) is 37.0. The van der Waals surface area contributed by atoms with E-state index in [0.29, 0.717) is 49.2 Å². The Morgan fingerprint density at radius 1 is 0.261 bits per heavy atom. The van der Waals surface area contributed by atoms with E-state index < -0.39 is 11.6 Å². The summed E-state index contributed by atoms with van der Waals surface area (Å²) in [7, 11) is 1.56. The fourth-order valence-corrected chi connectivity index (χ4v) is 10.2. The second-order valence-corrected chi connectivity index (χ2v) is 26.3. The van der Waals surface area contributed by atoms with Crippen LogP contribution < -0.4 is 4.74 Å². The lowest BCUT2D eigenvalue weighted by molar-refractivity contribution is -0.123. The van der Waals surface area contributed by atoms with Crippen LogP contribution in [-0.4, -0.2) is 111 Å². The third kappa shape index (κ3) is 36.8. The molecule has 0 radical (unpaired) electrons. The van der Waals surface area contributed by atoms with E-state index in [1.54, 1.807) is 171 Å². The number of carbonyl (C=O) groups excluding carboxylic acids is 10. The lowest BCUT2D eigenvalue weighted by Gasteiger charge is -2.03. The monoisotopic (exact) mass is 1640 g/mol. The normalized spacial score (nSPS) is 11.2. The minimum atomic E-state index is -0.421. The molecule has 0 spiro atoms. The van der Waals surface area contributed by atoms with Gasteiger partial charge in [0.05, 0.1) is 45.8 Å². The van der Waals surface area contributed by atoms with Crippen molar-refractivity contribution in [2.45, 2.75) is 38.7 Å². The van der Waals surface area contributed by atoms with Crippen molar-refractivity contribution in [3.8, 4) is 51.7 Å². The number of allylic oxidation sites excluding steroid dienone is 10. The number of aromatic hydroxyl groups is 8. The van der Waals surface area contributed by atoms with E-state index in [-0.39, 0.29) is 131 Å². The van der Waals surface area contributed by atoms with E-state index in [9.17, 15) is 93.9 Å². The van der Waals surface area contributed by atoms with Gasteiger partial charge in [-0.3, -0.25) is 47.9 Å². The van der Waals surface area contributed by atoms with Crippen LogP contribution in [0.25, 0.3) is 60.8 Å². The van der Waals surface area contributed by atoms with Crippen molar-refractivity contribution in [3.05, 3.63) is 363 Å². The Balaban J connectivity index is 0.000000231. The van der Waals surface area contributed by atoms with E-state index in [2.05, 4.69) is 0 Å². The molecule has 0 aliphatic carbocycles. The molecule has 20 nitrogen and oxygen atoms in total. The zero-order chi connectivity index (χ0) is 86.4. The van der Waals surface area contributed by atoms with Crippen LogP contribution in [0.4, 0.5) is 0 Å². The number of hydrogen-bond donors (Lipinski definition) is 9. The van der Waals surface area contributed by atoms with Crippen molar-refractivity contribution in [3.63, 3.8) is 0 Å². The fourth-order valence-electron chi connectivity index (χ4n) is 9.91. The number of rotatable bonds is 32. The van der Waals surface area contributed by atoms with Gasteiger partial charge in [-0.05, 0) is 214 Å². The van der Waals surface area contributed by atoms with Crippen LogP contribution in [-0.2, 0) is 54.6 Å². The number of aliphatic hydroxyl groups is 1. The van der Waals surface area contributed by atoms with Gasteiger partial charge in [0, 0.05) is 26.7 Å². The molecular weight excluding hydrogens is 1560 g/mol. The van der Waals surface area contributed by atoms with Gasteiger partial charge in [0.25, 0.3) is 0 Å². The zero-order valence-corrected chi connectivity index (χ0v) is 65.5. The van der Waals surface area contributed by atoms with Gasteiger partial charge in [-0.15, -0.1) is 0 Å². The zero-order valence-electron chi connectivity index (χ0n) is 64.0. The quantitative estimate of drug-likeness (QED) is 0.0107. The lowest BCUT2D eigenvalue weighted by Crippen LogP contribution is -2.02. The van der Waals surface area contributed by atoms with Crippen molar-refractivity contribution in [1.29, 1.82) is 0 Å². The standard InChI is InChI=1S/C21H20O4.C19H14Cl2O2.C19H16O6.2C19H16O4/c1-25-21-9-5-4-7-17(21)11-13-20(24)14-19(23)12-10-16-6-2-3-8-18(16)15-22;20-16-7-1-14(2-8-16)5-11-18(22)13-19(23)12-6-15-3-9-17(21)10-4-15;20-14(5-1-12-3-7-16(22)18(24)9-12)11-15(21)6-2-13-4-8-17(23)19(25)10-13;20-16-5-1-3-14(11-16)7-9-18(22)13-19(23)10-8-15-4-2-6-17(21)12-15;20-16(11-9-14-5-1-3-7-18(14)22)13-17(21)12-10-15-6-2-4-8-19(15)23/h2-13,22H,14-15H2,1H3;1-12H,13H2;1-10,22-25H,11H2;1-12,20-21H,13H2;1-12,22-23H,13H2/b12-10+,13-11+;11-5+,12-6+;5-1+,6-2+;9-7+,10-8+;11-9+,12-10+. The first-order chi connectivity index (χ1) is 57.1. The molecular formula is C97H82Cl2O20. The van der Waals surface area contributed by atoms with Gasteiger partial charge in [0.15, 0.2) is 80.8 Å². The van der Waals surface area contributed by atoms with Crippen LogP contribution in [0.15, 0.2) is 291 Å². The maximum Gasteiger partial charge on any atom is 0.163 e. The maximum atomic E-state index is 11.9. The number of phenols is 8. The largest absolute Gasteiger partial charge is 0.508 e. The van der Waals surface area contributed by atoms with E-state index >= 15 is 0 Å². The van der Waals surface area contributed by atoms with Crippen LogP contribution in [0.3, 0.4) is 0 Å². The molecule has 604 valence electrons. The second kappa shape index (κ2) is 50.3. The van der Waals surface area contributed by atoms with Gasteiger partial charge in [0.2, 0.25) is 0 Å². The fraction of sp³-hybridized carbons (Fsp3) is 0.0722. The van der Waals surface area contributed by atoms with Gasteiger partial charge >= 0.3 is 0 Å². The Labute approximate surface area is 696 Å². The predicted molar refractivity (Wildman–Crippen MR) is 464 cm³/mol. The van der Waals surface area contributed by atoms with Gasteiger partial charge in [-0.2, -0.15) is 0 Å². The molecule has 9 N–H and O–H groups in total. The average Bonchev–Trinajstić information content (AvgIpc) is 0.921. The molecule has 10 aromatic carbocycles. The molecule has 0 unspecified atom stereocenters. The van der Waals surface area contributed by atoms with E-state index in [1.807, 2.05) is 30.3 Å². The molecule has 0 fully saturated rings. The number of ether oxygens (including phenoxy) is 1. The minimum Gasteiger partial charge on any atom is -0.508 e. The Kier molecular flexibility index (Phi) is 39.3. The molecule has 0 aromatic heterocycles. The molecule has 0 saturated carbocycles. The highest BCUT2D eigenvalue weighted by atomic mass is 35.5. The number of aliphatic hydroxyl groups excluding tert-OH is 1. The third-order valence-corrected chi connectivity index (χ3v) is 16.5. The number of phenolic OH excluding ortho intramolecular Hbond substituents is 8. The van der Waals surface area contributed by atoms with Crippen LogP contribution in [0.5, 0.6) is 51.7 Å². The summed E-state index contributed by atoms with van der Waals surface area (Å²) in [4.78, 5) is 118. The number of hydrogen-bond acceptors (Lipinski definition) is 20. The molecule has 10 aromatic rings. The molecule has 0 amide bonds. The third-order valence-electron chi connectivity index (χ3n) is 16.0. The number of ketones is 10. The Bertz CT molecular complexity index is 5210. The van der Waals surface area contributed by atoms with Gasteiger partial charge in [0.1, 0.15) is 28.7 Å². The summed E-state index contributed by atoms with van der Waals surface area (Å²) < 4.78 is 5.21. The van der Waals surface area contributed by atoms with Crippen molar-refractivity contribution in [2.24, 2.45) is 0 Å². The average molecular weight is 1640 g/mol. The first-order valence-electron chi connectivity index (χ1n) is 36.2. The molecule has 0 atom stereocenters. The van der Waals surface area contributed by atoms with Crippen LogP contribution >= 0.6 is 23.2 Å². The van der Waals surface area contributed by atoms with Crippen LogP contribution in [0.1, 0.15) is 93.3 Å². The number of methoxy groups -OCH3 is 1. The predicted octanol–water partition coefficient (Wildman–Crippen LogP) is 18.2. The minimum absolute atomic E-state index is 0.0716. The smallest absolute Gasteiger partial charge is 0.163 e. The number of halogens is 2. The van der Waals surface area contributed by atoms with Crippen molar-refractivity contribution in [2.75, 3.05) is 7.11 Å². The highest BCUT2D eigenvalue weighted by Gasteiger charge is 2.11. The van der Waals surface area contributed by atoms with Gasteiger partial charge in [-0.1, -0.05) is 205 Å². The van der Waals surface area contributed by atoms with Crippen molar-refractivity contribution >= 4 is 142 Å². The van der Waals surface area contributed by atoms with Gasteiger partial charge in [-0.25, -0.2) is 0 Å². The number of para-hydroxylation sites is 3. The first kappa shape index (κ1) is 92.9. The van der Waals surface area contributed by atoms with E-state index in [4.69, 9.17) is 27.9 Å². The summed E-state index contributed by atoms with van der Waals surface area (Å²) in [6.07, 6.45) is 27.4. The summed E-state index contributed by atoms with van der Waals surface area (Å²) in [6, 6.07) is 63.1. The Hall–Kier alpha value is -15.0. The summed E-state index contributed by atoms with van der Waals surface area (Å²) in [5.74, 6) is -3.35. The van der Waals surface area contributed by atoms with Crippen molar-refractivity contribution in [1.82, 2.24) is 0 Å². The topological polar surface area (TPSA) is 362 Å². The molecule has 0 bridgehead atoms. The summed E-state index contributed by atoms with van der Waals surface area (Å²) in [5.41, 5.74) is 7.37. The Morgan fingerprint density at radius 2 is 0.529 bits per heavy atom. The van der Waals surface area contributed by atoms with E-state index in [0.717, 1.165) is 27.8 Å². The molecule has 10 rings (SSSR count). The summed E-state index contributed by atoms with van der Waals surface area (Å²) in [5, 5.41) is 85.5. The number of carbonyl (C=O) groups is 10. The molecule has 22 heteroatoms. The molecule has 0 aliphatic rings.